The van der Waals surface area contributed by atoms with Gasteiger partial charge in [-0.3, -0.25) is 4.79 Å². The van der Waals surface area contributed by atoms with E-state index in [0.717, 1.165) is 15.8 Å². The van der Waals surface area contributed by atoms with E-state index in [1.807, 2.05) is 24.3 Å². The third-order valence-corrected chi connectivity index (χ3v) is 3.97. The molecule has 3 rings (SSSR count). The molecule has 6 heteroatoms. The maximum absolute atomic E-state index is 11.9. The first-order valence-corrected chi connectivity index (χ1v) is 7.44. The average Bonchev–Trinajstić information content (AvgIpc) is 2.92. The number of fused-ring (bicyclic) bond motifs is 1. The van der Waals surface area contributed by atoms with Gasteiger partial charge in [0.2, 0.25) is 5.91 Å². The molecule has 0 radical (unpaired) electrons. The smallest absolute Gasteiger partial charge is 0.246 e. The van der Waals surface area contributed by atoms with Gasteiger partial charge in [0.25, 0.3) is 0 Å². The van der Waals surface area contributed by atoms with Crippen LogP contribution in [0.25, 0.3) is 10.1 Å². The molecule has 22 heavy (non-hydrogen) atoms. The van der Waals surface area contributed by atoms with Gasteiger partial charge >= 0.3 is 0 Å². The third-order valence-electron chi connectivity index (χ3n) is 3.11. The van der Waals surface area contributed by atoms with E-state index in [2.05, 4.69) is 14.9 Å². The molecule has 0 unspecified atom stereocenters. The number of hydrazone groups is 1. The lowest BCUT2D eigenvalue weighted by Gasteiger charge is -1.99. The zero-order chi connectivity index (χ0) is 15.4. The van der Waals surface area contributed by atoms with Crippen LogP contribution < -0.4 is 5.43 Å². The van der Waals surface area contributed by atoms with Gasteiger partial charge < -0.3 is 5.11 Å². The number of phenols is 1. The molecule has 0 atom stereocenters. The lowest BCUT2D eigenvalue weighted by molar-refractivity contribution is -0.120. The summed E-state index contributed by atoms with van der Waals surface area (Å²) < 4.78 is 5.36. The highest BCUT2D eigenvalue weighted by Gasteiger charge is 2.09. The summed E-state index contributed by atoms with van der Waals surface area (Å²) in [7, 11) is 0. The van der Waals surface area contributed by atoms with E-state index >= 15 is 0 Å². The number of amides is 1. The number of hydrogen-bond acceptors (Lipinski definition) is 5. The molecule has 1 amide bonds. The molecule has 110 valence electrons. The molecule has 1 aromatic heterocycles. The number of para-hydroxylation sites is 1. The largest absolute Gasteiger partial charge is 0.507 e. The number of phenolic OH excluding ortho intramolecular Hbond substituents is 1. The SMILES string of the molecule is O=C(Cc1nsc2ccccc12)N/N=C/c1ccccc1O. The first kappa shape index (κ1) is 14.2. The first-order valence-electron chi connectivity index (χ1n) is 6.67. The van der Waals surface area contributed by atoms with Crippen LogP contribution in [0.2, 0.25) is 0 Å². The molecule has 0 fully saturated rings. The van der Waals surface area contributed by atoms with E-state index in [1.54, 1.807) is 24.3 Å². The van der Waals surface area contributed by atoms with Crippen molar-refractivity contribution in [2.45, 2.75) is 6.42 Å². The van der Waals surface area contributed by atoms with Crippen molar-refractivity contribution in [3.63, 3.8) is 0 Å². The van der Waals surface area contributed by atoms with E-state index in [4.69, 9.17) is 0 Å². The lowest BCUT2D eigenvalue weighted by Crippen LogP contribution is -2.20. The van der Waals surface area contributed by atoms with Crippen molar-refractivity contribution < 1.29 is 9.90 Å². The van der Waals surface area contributed by atoms with Gasteiger partial charge in [0.1, 0.15) is 5.75 Å². The highest BCUT2D eigenvalue weighted by molar-refractivity contribution is 7.13. The van der Waals surface area contributed by atoms with Gasteiger partial charge in [0.15, 0.2) is 0 Å². The number of aromatic nitrogens is 1. The summed E-state index contributed by atoms with van der Waals surface area (Å²) in [5.41, 5.74) is 3.73. The molecule has 0 aliphatic rings. The molecule has 0 bridgehead atoms. The fourth-order valence-corrected chi connectivity index (χ4v) is 2.82. The van der Waals surface area contributed by atoms with E-state index in [0.29, 0.717) is 5.56 Å². The molecule has 2 N–H and O–H groups in total. The fourth-order valence-electron chi connectivity index (χ4n) is 2.03. The zero-order valence-corrected chi connectivity index (χ0v) is 12.4. The van der Waals surface area contributed by atoms with Crippen LogP contribution in [0.3, 0.4) is 0 Å². The molecule has 0 saturated carbocycles. The summed E-state index contributed by atoms with van der Waals surface area (Å²) in [6, 6.07) is 14.6. The van der Waals surface area contributed by atoms with E-state index in [-0.39, 0.29) is 18.1 Å². The van der Waals surface area contributed by atoms with Crippen LogP contribution in [0.5, 0.6) is 5.75 Å². The normalized spacial score (nSPS) is 11.1. The van der Waals surface area contributed by atoms with Crippen LogP contribution in [-0.2, 0) is 11.2 Å². The van der Waals surface area contributed by atoms with Gasteiger partial charge in [-0.25, -0.2) is 5.43 Å². The predicted octanol–water partition coefficient (Wildman–Crippen LogP) is 2.69. The molecule has 5 nitrogen and oxygen atoms in total. The van der Waals surface area contributed by atoms with Gasteiger partial charge in [-0.15, -0.1) is 0 Å². The molecule has 0 aliphatic carbocycles. The van der Waals surface area contributed by atoms with Crippen molar-refractivity contribution in [2.75, 3.05) is 0 Å². The minimum absolute atomic E-state index is 0.117. The maximum atomic E-state index is 11.9. The topological polar surface area (TPSA) is 74.6 Å². The Balaban J connectivity index is 1.65. The molecule has 1 heterocycles. The molecule has 3 aromatic rings. The number of carbonyl (C=O) groups is 1. The Bertz CT molecular complexity index is 842. The summed E-state index contributed by atoms with van der Waals surface area (Å²) in [5, 5.41) is 14.4. The van der Waals surface area contributed by atoms with Crippen molar-refractivity contribution in [2.24, 2.45) is 5.10 Å². The van der Waals surface area contributed by atoms with Crippen molar-refractivity contribution in [1.29, 1.82) is 0 Å². The minimum atomic E-state index is -0.247. The summed E-state index contributed by atoms with van der Waals surface area (Å²) >= 11 is 1.38. The maximum Gasteiger partial charge on any atom is 0.246 e. The predicted molar refractivity (Wildman–Crippen MR) is 87.2 cm³/mol. The highest BCUT2D eigenvalue weighted by atomic mass is 32.1. The molecular formula is C16H13N3O2S. The number of carbonyl (C=O) groups excluding carboxylic acids is 1. The van der Waals surface area contributed by atoms with Crippen molar-refractivity contribution >= 4 is 33.7 Å². The Hall–Kier alpha value is -2.73. The minimum Gasteiger partial charge on any atom is -0.507 e. The quantitative estimate of drug-likeness (QED) is 0.574. The summed E-state index contributed by atoms with van der Waals surface area (Å²) in [6.45, 7) is 0. The summed E-state index contributed by atoms with van der Waals surface area (Å²) in [4.78, 5) is 11.9. The monoisotopic (exact) mass is 311 g/mol. The van der Waals surface area contributed by atoms with Gasteiger partial charge in [0, 0.05) is 10.9 Å². The van der Waals surface area contributed by atoms with Crippen molar-refractivity contribution in [1.82, 2.24) is 9.80 Å². The van der Waals surface area contributed by atoms with Gasteiger partial charge in [-0.2, -0.15) is 9.47 Å². The second kappa shape index (κ2) is 6.36. The molecule has 0 saturated heterocycles. The molecular weight excluding hydrogens is 298 g/mol. The Labute approximate surface area is 131 Å². The number of rotatable bonds is 4. The second-order valence-corrected chi connectivity index (χ2v) is 5.46. The summed E-state index contributed by atoms with van der Waals surface area (Å²) in [5.74, 6) is -0.131. The Morgan fingerprint density at radius 3 is 2.86 bits per heavy atom. The van der Waals surface area contributed by atoms with Gasteiger partial charge in [-0.05, 0) is 29.7 Å². The fraction of sp³-hybridized carbons (Fsp3) is 0.0625. The lowest BCUT2D eigenvalue weighted by atomic mass is 10.2. The molecule has 2 aromatic carbocycles. The van der Waals surface area contributed by atoms with Crippen molar-refractivity contribution in [3.05, 3.63) is 59.8 Å². The van der Waals surface area contributed by atoms with Crippen LogP contribution >= 0.6 is 11.5 Å². The van der Waals surface area contributed by atoms with Gasteiger partial charge in [-0.1, -0.05) is 30.3 Å². The standard InChI is InChI=1S/C16H13N3O2S/c20-14-7-3-1-5-11(14)10-17-18-16(21)9-13-12-6-2-4-8-15(12)22-19-13/h1-8,10,20H,9H2,(H,18,21)/b17-10+. The van der Waals surface area contributed by atoms with Crippen LogP contribution in [0.4, 0.5) is 0 Å². The average molecular weight is 311 g/mol. The van der Waals surface area contributed by atoms with Crippen LogP contribution in [0.1, 0.15) is 11.3 Å². The van der Waals surface area contributed by atoms with Crippen molar-refractivity contribution in [3.8, 4) is 5.75 Å². The Morgan fingerprint density at radius 1 is 1.23 bits per heavy atom. The first-order chi connectivity index (χ1) is 10.7. The molecule has 0 spiro atoms. The number of benzene rings is 2. The Kier molecular flexibility index (Phi) is 4.11. The zero-order valence-electron chi connectivity index (χ0n) is 11.6. The van der Waals surface area contributed by atoms with E-state index in [9.17, 15) is 9.90 Å². The number of hydrogen-bond donors (Lipinski definition) is 2. The number of aromatic hydroxyl groups is 1. The Morgan fingerprint density at radius 2 is 2.00 bits per heavy atom. The highest BCUT2D eigenvalue weighted by Crippen LogP contribution is 2.22. The van der Waals surface area contributed by atoms with Crippen LogP contribution in [-0.4, -0.2) is 21.6 Å². The van der Waals surface area contributed by atoms with Crippen LogP contribution in [0.15, 0.2) is 53.6 Å². The number of nitrogens with zero attached hydrogens (tertiary/aromatic N) is 2. The van der Waals surface area contributed by atoms with E-state index in [1.165, 1.54) is 17.7 Å². The molecule has 0 aliphatic heterocycles. The number of nitrogens with one attached hydrogen (secondary N) is 1. The second-order valence-electron chi connectivity index (χ2n) is 4.65. The third kappa shape index (κ3) is 3.12. The van der Waals surface area contributed by atoms with Crippen LogP contribution in [0, 0.1) is 0 Å². The van der Waals surface area contributed by atoms with E-state index < -0.39 is 0 Å². The van der Waals surface area contributed by atoms with Gasteiger partial charge in [0.05, 0.1) is 23.0 Å². The summed E-state index contributed by atoms with van der Waals surface area (Å²) in [6.07, 6.45) is 1.58.